The first-order valence-electron chi connectivity index (χ1n) is 5.39. The Morgan fingerprint density at radius 3 is 2.56 bits per heavy atom. The van der Waals surface area contributed by atoms with Crippen molar-refractivity contribution in [2.45, 2.75) is 17.4 Å². The van der Waals surface area contributed by atoms with Gasteiger partial charge in [0.05, 0.1) is 12.2 Å². The quantitative estimate of drug-likeness (QED) is 0.762. The zero-order valence-electron chi connectivity index (χ0n) is 9.75. The molecule has 1 aliphatic rings. The smallest absolute Gasteiger partial charge is 0.347 e. The van der Waals surface area contributed by atoms with Gasteiger partial charge in [-0.1, -0.05) is 0 Å². The van der Waals surface area contributed by atoms with Crippen LogP contribution in [-0.2, 0) is 25.1 Å². The number of carbonyl (C=O) groups is 2. The molecule has 0 bridgehead atoms. The molecule has 18 heavy (non-hydrogen) atoms. The Balaban J connectivity index is 2.04. The third kappa shape index (κ3) is 2.76. The van der Waals surface area contributed by atoms with Crippen molar-refractivity contribution in [3.8, 4) is 0 Å². The Hall–Kier alpha value is -1.69. The largest absolute Gasteiger partial charge is 0.463 e. The van der Waals surface area contributed by atoms with Crippen LogP contribution in [0.2, 0.25) is 0 Å². The topological polar surface area (TPSA) is 69.7 Å². The fraction of sp³-hybridized carbons (Fsp3) is 0.333. The molecule has 0 radical (unpaired) electrons. The maximum atomic E-state index is 11.7. The lowest BCUT2D eigenvalue weighted by atomic mass is 10.2. The van der Waals surface area contributed by atoms with Gasteiger partial charge in [-0.15, -0.1) is 0 Å². The molecule has 6 heteroatoms. The van der Waals surface area contributed by atoms with E-state index in [0.717, 1.165) is 0 Å². The van der Waals surface area contributed by atoms with Gasteiger partial charge in [-0.3, -0.25) is 4.21 Å². The predicted molar refractivity (Wildman–Crippen MR) is 63.6 cm³/mol. The molecule has 0 N–H and O–H groups in total. The molecule has 2 atom stereocenters. The molecule has 0 aromatic heterocycles. The van der Waals surface area contributed by atoms with Crippen molar-refractivity contribution in [2.24, 2.45) is 0 Å². The summed E-state index contributed by atoms with van der Waals surface area (Å²) in [6, 6.07) is 6.25. The molecule has 1 saturated heterocycles. The summed E-state index contributed by atoms with van der Waals surface area (Å²) >= 11 is 0. The number of ether oxygens (including phenoxy) is 2. The van der Waals surface area contributed by atoms with Gasteiger partial charge in [0.2, 0.25) is 6.10 Å². The Labute approximate surface area is 107 Å². The molecule has 1 aromatic carbocycles. The molecule has 0 amide bonds. The SMILES string of the molecule is C[S@@](=O)c1ccc(C(=O)O[C@H]2CCOC2=O)cc1. The van der Waals surface area contributed by atoms with Crippen molar-refractivity contribution in [2.75, 3.05) is 12.9 Å². The number of hydrogen-bond acceptors (Lipinski definition) is 5. The summed E-state index contributed by atoms with van der Waals surface area (Å²) in [5, 5.41) is 0. The van der Waals surface area contributed by atoms with Crippen molar-refractivity contribution in [1.29, 1.82) is 0 Å². The van der Waals surface area contributed by atoms with Crippen molar-refractivity contribution in [3.63, 3.8) is 0 Å². The van der Waals surface area contributed by atoms with Crippen LogP contribution in [0, 0.1) is 0 Å². The van der Waals surface area contributed by atoms with Gasteiger partial charge >= 0.3 is 11.9 Å². The Morgan fingerprint density at radius 1 is 1.39 bits per heavy atom. The van der Waals surface area contributed by atoms with E-state index >= 15 is 0 Å². The normalized spacial score (nSPS) is 20.3. The summed E-state index contributed by atoms with van der Waals surface area (Å²) in [4.78, 5) is 23.5. The van der Waals surface area contributed by atoms with E-state index in [1.807, 2.05) is 0 Å². The Bertz CT molecular complexity index is 494. The van der Waals surface area contributed by atoms with Gasteiger partial charge in [-0.25, -0.2) is 9.59 Å². The fourth-order valence-corrected chi connectivity index (χ4v) is 2.08. The van der Waals surface area contributed by atoms with Crippen LogP contribution in [-0.4, -0.2) is 35.1 Å². The van der Waals surface area contributed by atoms with Crippen molar-refractivity contribution >= 4 is 22.7 Å². The second-order valence-electron chi connectivity index (χ2n) is 3.83. The lowest BCUT2D eigenvalue weighted by Crippen LogP contribution is -2.22. The highest BCUT2D eigenvalue weighted by Gasteiger charge is 2.30. The van der Waals surface area contributed by atoms with E-state index in [1.165, 1.54) is 12.1 Å². The second-order valence-corrected chi connectivity index (χ2v) is 5.21. The van der Waals surface area contributed by atoms with E-state index in [4.69, 9.17) is 9.47 Å². The van der Waals surface area contributed by atoms with Crippen LogP contribution in [0.1, 0.15) is 16.8 Å². The van der Waals surface area contributed by atoms with Gasteiger partial charge in [0.1, 0.15) is 0 Å². The third-order valence-corrected chi connectivity index (χ3v) is 3.49. The minimum atomic E-state index is -1.09. The van der Waals surface area contributed by atoms with E-state index < -0.39 is 28.8 Å². The minimum Gasteiger partial charge on any atom is -0.463 e. The summed E-state index contributed by atoms with van der Waals surface area (Å²) in [7, 11) is -1.09. The maximum Gasteiger partial charge on any atom is 0.347 e. The van der Waals surface area contributed by atoms with E-state index in [9.17, 15) is 13.8 Å². The third-order valence-electron chi connectivity index (χ3n) is 2.56. The second kappa shape index (κ2) is 5.30. The van der Waals surface area contributed by atoms with Crippen molar-refractivity contribution in [1.82, 2.24) is 0 Å². The summed E-state index contributed by atoms with van der Waals surface area (Å²) < 4.78 is 20.9. The van der Waals surface area contributed by atoms with Gasteiger partial charge in [-0.05, 0) is 24.3 Å². The van der Waals surface area contributed by atoms with Crippen LogP contribution in [0.3, 0.4) is 0 Å². The van der Waals surface area contributed by atoms with Crippen LogP contribution < -0.4 is 0 Å². The first-order chi connectivity index (χ1) is 8.58. The predicted octanol–water partition coefficient (Wildman–Crippen LogP) is 0.896. The lowest BCUT2D eigenvalue weighted by Gasteiger charge is -2.08. The van der Waals surface area contributed by atoms with E-state index in [0.29, 0.717) is 16.9 Å². The van der Waals surface area contributed by atoms with Crippen molar-refractivity contribution < 1.29 is 23.3 Å². The molecule has 1 heterocycles. The summed E-state index contributed by atoms with van der Waals surface area (Å²) in [5.41, 5.74) is 0.323. The van der Waals surface area contributed by atoms with Gasteiger partial charge in [0.15, 0.2) is 0 Å². The zero-order chi connectivity index (χ0) is 13.1. The molecular formula is C12H12O5S. The summed E-state index contributed by atoms with van der Waals surface area (Å²) in [6.45, 7) is 0.282. The van der Waals surface area contributed by atoms with Crippen LogP contribution in [0.5, 0.6) is 0 Å². The van der Waals surface area contributed by atoms with Gasteiger partial charge in [0, 0.05) is 28.4 Å². The fourth-order valence-electron chi connectivity index (χ4n) is 1.56. The molecule has 5 nitrogen and oxygen atoms in total. The maximum absolute atomic E-state index is 11.7. The van der Waals surface area contributed by atoms with Gasteiger partial charge in [-0.2, -0.15) is 0 Å². The van der Waals surface area contributed by atoms with E-state index in [2.05, 4.69) is 0 Å². The van der Waals surface area contributed by atoms with Crippen LogP contribution >= 0.6 is 0 Å². The molecule has 2 rings (SSSR count). The number of esters is 2. The Morgan fingerprint density at radius 2 is 2.06 bits per heavy atom. The average Bonchev–Trinajstić information content (AvgIpc) is 2.75. The van der Waals surface area contributed by atoms with Crippen LogP contribution in [0.4, 0.5) is 0 Å². The molecular weight excluding hydrogens is 256 g/mol. The standard InChI is InChI=1S/C12H12O5S/c1-18(15)9-4-2-8(3-5-9)11(13)17-10-6-7-16-12(10)14/h2-5,10H,6-7H2,1H3/t10-,18+/m0/s1. The minimum absolute atomic E-state index is 0.282. The van der Waals surface area contributed by atoms with Crippen LogP contribution in [0.15, 0.2) is 29.2 Å². The summed E-state index contributed by atoms with van der Waals surface area (Å²) in [6.07, 6.45) is 1.14. The molecule has 0 spiro atoms. The number of benzene rings is 1. The molecule has 1 fully saturated rings. The molecule has 0 unspecified atom stereocenters. The Kier molecular flexibility index (Phi) is 3.76. The number of rotatable bonds is 3. The molecule has 96 valence electrons. The highest BCUT2D eigenvalue weighted by atomic mass is 32.2. The van der Waals surface area contributed by atoms with Crippen LogP contribution in [0.25, 0.3) is 0 Å². The highest BCUT2D eigenvalue weighted by molar-refractivity contribution is 7.84. The van der Waals surface area contributed by atoms with Gasteiger partial charge in [0.25, 0.3) is 0 Å². The first kappa shape index (κ1) is 12.8. The molecule has 1 aromatic rings. The molecule has 0 aliphatic carbocycles. The average molecular weight is 268 g/mol. The first-order valence-corrected chi connectivity index (χ1v) is 6.95. The number of cyclic esters (lactones) is 1. The van der Waals surface area contributed by atoms with Crippen molar-refractivity contribution in [3.05, 3.63) is 29.8 Å². The number of hydrogen-bond donors (Lipinski definition) is 0. The highest BCUT2D eigenvalue weighted by Crippen LogP contribution is 2.14. The number of carbonyl (C=O) groups excluding carboxylic acids is 2. The van der Waals surface area contributed by atoms with Gasteiger partial charge < -0.3 is 9.47 Å². The van der Waals surface area contributed by atoms with E-state index in [1.54, 1.807) is 18.4 Å². The molecule has 1 aliphatic heterocycles. The monoisotopic (exact) mass is 268 g/mol. The lowest BCUT2D eigenvalue weighted by molar-refractivity contribution is -0.145. The van der Waals surface area contributed by atoms with E-state index in [-0.39, 0.29) is 6.61 Å². The zero-order valence-corrected chi connectivity index (χ0v) is 10.6. The summed E-state index contributed by atoms with van der Waals surface area (Å²) in [5.74, 6) is -1.08. The molecule has 0 saturated carbocycles.